The Kier molecular flexibility index (Phi) is 8.21. The average Bonchev–Trinajstić information content (AvgIpc) is 2.86. The summed E-state index contributed by atoms with van der Waals surface area (Å²) < 4.78 is 0. The fraction of sp³-hybridized carbons (Fsp3) is 0.357. The molecule has 3 rings (SSSR count). The number of aliphatic hydroxyl groups excluding tert-OH is 3. The van der Waals surface area contributed by atoms with Crippen molar-refractivity contribution in [2.24, 2.45) is 0 Å². The highest BCUT2D eigenvalue weighted by atomic mass is 16.3. The maximum atomic E-state index is 11.2. The van der Waals surface area contributed by atoms with Crippen molar-refractivity contribution in [3.63, 3.8) is 0 Å². The van der Waals surface area contributed by atoms with E-state index in [0.717, 1.165) is 44.5 Å². The van der Waals surface area contributed by atoms with Crippen LogP contribution in [0.25, 0.3) is 11.1 Å². The van der Waals surface area contributed by atoms with Crippen LogP contribution in [0.1, 0.15) is 60.1 Å². The van der Waals surface area contributed by atoms with Gasteiger partial charge in [-0.3, -0.25) is 0 Å². The van der Waals surface area contributed by atoms with Gasteiger partial charge in [0.05, 0.1) is 25.4 Å². The van der Waals surface area contributed by atoms with Crippen molar-refractivity contribution in [1.29, 1.82) is 0 Å². The molecule has 170 valence electrons. The molecule has 0 atom stereocenters. The smallest absolute Gasteiger partial charge is 0.0894 e. The topological polar surface area (TPSA) is 80.9 Å². The molecule has 0 saturated carbocycles. The predicted molar refractivity (Wildman–Crippen MR) is 128 cm³/mol. The molecule has 0 aromatic heterocycles. The summed E-state index contributed by atoms with van der Waals surface area (Å²) in [6.45, 7) is 3.58. The maximum Gasteiger partial charge on any atom is 0.0894 e. The summed E-state index contributed by atoms with van der Waals surface area (Å²) in [5, 5.41) is 40.8. The van der Waals surface area contributed by atoms with E-state index in [9.17, 15) is 20.4 Å². The Morgan fingerprint density at radius 1 is 0.688 bits per heavy atom. The quantitative estimate of drug-likeness (QED) is 0.375. The van der Waals surface area contributed by atoms with Gasteiger partial charge in [-0.2, -0.15) is 0 Å². The van der Waals surface area contributed by atoms with E-state index in [-0.39, 0.29) is 19.8 Å². The zero-order valence-electron chi connectivity index (χ0n) is 19.0. The van der Waals surface area contributed by atoms with Crippen LogP contribution in [-0.4, -0.2) is 20.4 Å². The monoisotopic (exact) mass is 434 g/mol. The summed E-state index contributed by atoms with van der Waals surface area (Å²) in [6, 6.07) is 19.9. The Hall–Kier alpha value is -2.50. The van der Waals surface area contributed by atoms with E-state index in [4.69, 9.17) is 0 Å². The van der Waals surface area contributed by atoms with E-state index < -0.39 is 5.60 Å². The van der Waals surface area contributed by atoms with Crippen molar-refractivity contribution in [2.75, 3.05) is 0 Å². The minimum atomic E-state index is -0.977. The van der Waals surface area contributed by atoms with Gasteiger partial charge in [0.1, 0.15) is 0 Å². The Bertz CT molecular complexity index is 1020. The SMILES string of the molecule is CCC(O)(CC)c1ccc(-c2ccccc2)c(CCc2ccc(CO)c(CO)c2)c1CO. The molecule has 32 heavy (non-hydrogen) atoms. The van der Waals surface area contributed by atoms with E-state index in [1.807, 2.05) is 56.3 Å². The molecule has 0 aliphatic carbocycles. The summed E-state index contributed by atoms with van der Waals surface area (Å²) in [5.41, 5.74) is 6.31. The molecule has 4 N–H and O–H groups in total. The minimum absolute atomic E-state index is 0.0996. The number of rotatable bonds is 10. The molecule has 3 aromatic carbocycles. The molecule has 0 aliphatic heterocycles. The Balaban J connectivity index is 2.09. The molecule has 4 heteroatoms. The van der Waals surface area contributed by atoms with Gasteiger partial charge in [0.2, 0.25) is 0 Å². The zero-order valence-corrected chi connectivity index (χ0v) is 19.0. The first-order valence-corrected chi connectivity index (χ1v) is 11.4. The third kappa shape index (κ3) is 4.94. The van der Waals surface area contributed by atoms with E-state index in [0.29, 0.717) is 25.7 Å². The molecule has 0 bridgehead atoms. The third-order valence-electron chi connectivity index (χ3n) is 6.62. The van der Waals surface area contributed by atoms with Crippen molar-refractivity contribution in [3.05, 3.63) is 94.0 Å². The lowest BCUT2D eigenvalue weighted by molar-refractivity contribution is 0.0263. The molecule has 4 nitrogen and oxygen atoms in total. The molecule has 0 aliphatic rings. The van der Waals surface area contributed by atoms with Crippen LogP contribution in [0.15, 0.2) is 60.7 Å². The fourth-order valence-electron chi connectivity index (χ4n) is 4.52. The van der Waals surface area contributed by atoms with Crippen molar-refractivity contribution in [3.8, 4) is 11.1 Å². The standard InChI is InChI=1S/C28H34O4/c1-3-28(32,4-2)27-15-14-24(21-8-6-5-7-9-21)25(26(27)19-31)13-11-20-10-12-22(17-29)23(16-20)18-30/h5-10,12,14-16,29-32H,3-4,11,13,17-19H2,1-2H3. The van der Waals surface area contributed by atoms with Crippen LogP contribution in [0.5, 0.6) is 0 Å². The van der Waals surface area contributed by atoms with Crippen molar-refractivity contribution >= 4 is 0 Å². The van der Waals surface area contributed by atoms with Gasteiger partial charge in [0.25, 0.3) is 0 Å². The second-order valence-electron chi connectivity index (χ2n) is 8.30. The highest BCUT2D eigenvalue weighted by Crippen LogP contribution is 2.37. The fourth-order valence-corrected chi connectivity index (χ4v) is 4.52. The van der Waals surface area contributed by atoms with E-state index >= 15 is 0 Å². The predicted octanol–water partition coefficient (Wildman–Crippen LogP) is 4.62. The van der Waals surface area contributed by atoms with Crippen LogP contribution < -0.4 is 0 Å². The largest absolute Gasteiger partial charge is 0.392 e. The lowest BCUT2D eigenvalue weighted by Crippen LogP contribution is -2.26. The minimum Gasteiger partial charge on any atom is -0.392 e. The van der Waals surface area contributed by atoms with Gasteiger partial charge in [-0.05, 0) is 70.2 Å². The van der Waals surface area contributed by atoms with E-state index in [1.54, 1.807) is 0 Å². The molecule has 0 spiro atoms. The number of aryl methyl sites for hydroxylation is 1. The van der Waals surface area contributed by atoms with Gasteiger partial charge in [-0.15, -0.1) is 0 Å². The first-order chi connectivity index (χ1) is 15.5. The van der Waals surface area contributed by atoms with Crippen molar-refractivity contribution in [1.82, 2.24) is 0 Å². The Morgan fingerprint density at radius 2 is 1.38 bits per heavy atom. The average molecular weight is 435 g/mol. The summed E-state index contributed by atoms with van der Waals surface area (Å²) >= 11 is 0. The van der Waals surface area contributed by atoms with Gasteiger partial charge < -0.3 is 20.4 Å². The van der Waals surface area contributed by atoms with Gasteiger partial charge in [-0.25, -0.2) is 0 Å². The normalized spacial score (nSPS) is 11.7. The molecule has 0 radical (unpaired) electrons. The highest BCUT2D eigenvalue weighted by Gasteiger charge is 2.29. The highest BCUT2D eigenvalue weighted by molar-refractivity contribution is 5.70. The summed E-state index contributed by atoms with van der Waals surface area (Å²) in [6.07, 6.45) is 2.54. The Morgan fingerprint density at radius 3 is 1.97 bits per heavy atom. The molecule has 0 saturated heterocycles. The number of benzene rings is 3. The molecule has 0 amide bonds. The van der Waals surface area contributed by atoms with Crippen molar-refractivity contribution < 1.29 is 20.4 Å². The molecule has 3 aromatic rings. The van der Waals surface area contributed by atoms with E-state index in [2.05, 4.69) is 18.2 Å². The third-order valence-corrected chi connectivity index (χ3v) is 6.62. The first kappa shape index (κ1) is 24.1. The van der Waals surface area contributed by atoms with Crippen LogP contribution in [0.2, 0.25) is 0 Å². The van der Waals surface area contributed by atoms with Gasteiger partial charge in [-0.1, -0.05) is 74.5 Å². The molecular formula is C28H34O4. The zero-order chi connectivity index (χ0) is 23.1. The summed E-state index contributed by atoms with van der Waals surface area (Å²) in [7, 11) is 0. The van der Waals surface area contributed by atoms with Crippen LogP contribution in [0.4, 0.5) is 0 Å². The Labute approximate surface area is 190 Å². The number of aliphatic hydroxyl groups is 4. The summed E-state index contributed by atoms with van der Waals surface area (Å²) in [4.78, 5) is 0. The maximum absolute atomic E-state index is 11.2. The molecule has 0 fully saturated rings. The molecular weight excluding hydrogens is 400 g/mol. The van der Waals surface area contributed by atoms with Crippen molar-refractivity contribution in [2.45, 2.75) is 65.0 Å². The van der Waals surface area contributed by atoms with Gasteiger partial charge >= 0.3 is 0 Å². The van der Waals surface area contributed by atoms with Crippen LogP contribution in [0, 0.1) is 0 Å². The molecule has 0 heterocycles. The lowest BCUT2D eigenvalue weighted by Gasteiger charge is -2.30. The molecule has 0 unspecified atom stereocenters. The second kappa shape index (κ2) is 10.9. The van der Waals surface area contributed by atoms with Gasteiger partial charge in [0.15, 0.2) is 0 Å². The van der Waals surface area contributed by atoms with Gasteiger partial charge in [0, 0.05) is 0 Å². The summed E-state index contributed by atoms with van der Waals surface area (Å²) in [5.74, 6) is 0. The van der Waals surface area contributed by atoms with Crippen LogP contribution in [-0.2, 0) is 38.3 Å². The van der Waals surface area contributed by atoms with Crippen LogP contribution in [0.3, 0.4) is 0 Å². The van der Waals surface area contributed by atoms with E-state index in [1.165, 1.54) is 0 Å². The number of hydrogen-bond acceptors (Lipinski definition) is 4. The lowest BCUT2D eigenvalue weighted by atomic mass is 9.80. The van der Waals surface area contributed by atoms with Crippen LogP contribution >= 0.6 is 0 Å². The second-order valence-corrected chi connectivity index (χ2v) is 8.30. The number of hydrogen-bond donors (Lipinski definition) is 4. The first-order valence-electron chi connectivity index (χ1n) is 11.4.